The number of aromatic nitrogens is 2. The maximum absolute atomic E-state index is 12.3. The van der Waals surface area contributed by atoms with Gasteiger partial charge in [0.15, 0.2) is 0 Å². The fourth-order valence-electron chi connectivity index (χ4n) is 4.76. The van der Waals surface area contributed by atoms with Gasteiger partial charge in [-0.3, -0.25) is 14.8 Å². The summed E-state index contributed by atoms with van der Waals surface area (Å²) in [4.78, 5) is 19.8. The van der Waals surface area contributed by atoms with Gasteiger partial charge in [-0.25, -0.2) is 0 Å². The van der Waals surface area contributed by atoms with Crippen molar-refractivity contribution < 1.29 is 4.79 Å². The van der Waals surface area contributed by atoms with E-state index in [4.69, 9.17) is 0 Å². The Morgan fingerprint density at radius 2 is 2.15 bits per heavy atom. The first-order valence-corrected chi connectivity index (χ1v) is 10.6. The van der Waals surface area contributed by atoms with E-state index in [0.29, 0.717) is 17.4 Å². The first kappa shape index (κ1) is 16.5. The van der Waals surface area contributed by atoms with Crippen LogP contribution >= 0.6 is 11.3 Å². The Morgan fingerprint density at radius 3 is 2.96 bits per heavy atom. The van der Waals surface area contributed by atoms with E-state index in [2.05, 4.69) is 32.1 Å². The summed E-state index contributed by atoms with van der Waals surface area (Å²) in [6, 6.07) is 7.03. The summed E-state index contributed by atoms with van der Waals surface area (Å²) in [5.41, 5.74) is 1.43. The number of nitrogens with zero attached hydrogens (tertiary/aromatic N) is 3. The average Bonchev–Trinajstić information content (AvgIpc) is 3.14. The van der Waals surface area contributed by atoms with Crippen LogP contribution in [0.25, 0.3) is 10.6 Å². The topological polar surface area (TPSA) is 52.2 Å². The van der Waals surface area contributed by atoms with Gasteiger partial charge < -0.3 is 4.90 Å². The van der Waals surface area contributed by atoms with E-state index < -0.39 is 0 Å². The van der Waals surface area contributed by atoms with Crippen molar-refractivity contribution in [2.75, 3.05) is 19.6 Å². The molecule has 1 atom stereocenters. The molecule has 6 heteroatoms. The van der Waals surface area contributed by atoms with Crippen molar-refractivity contribution in [2.24, 2.45) is 5.41 Å². The number of likely N-dealkylation sites (tertiary alicyclic amines) is 2. The van der Waals surface area contributed by atoms with Crippen molar-refractivity contribution in [1.29, 1.82) is 0 Å². The molecule has 2 saturated heterocycles. The second kappa shape index (κ2) is 6.50. The van der Waals surface area contributed by atoms with E-state index in [9.17, 15) is 4.79 Å². The van der Waals surface area contributed by atoms with E-state index in [0.717, 1.165) is 38.2 Å². The van der Waals surface area contributed by atoms with Crippen molar-refractivity contribution >= 4 is 17.2 Å². The van der Waals surface area contributed by atoms with Gasteiger partial charge in [-0.1, -0.05) is 0 Å². The number of carbonyl (C=O) groups excluding carboxylic acids is 1. The molecule has 138 valence electrons. The standard InChI is InChI=1S/C20H26N4OS/c25-19-6-9-20(14-24(19)15-2-3-15)8-1-11-23(13-20)12-16-4-5-18(26-16)17-7-10-21-22-17/h4-5,7,10,15H,1-3,6,8-9,11-14H2,(H,21,22)/t20-/m0/s1. The van der Waals surface area contributed by atoms with Gasteiger partial charge in [0.2, 0.25) is 5.91 Å². The molecule has 1 aliphatic carbocycles. The second-order valence-electron chi connectivity index (χ2n) is 8.30. The molecular weight excluding hydrogens is 344 g/mol. The van der Waals surface area contributed by atoms with Gasteiger partial charge in [0.25, 0.3) is 0 Å². The summed E-state index contributed by atoms with van der Waals surface area (Å²) in [5.74, 6) is 0.401. The predicted octanol–water partition coefficient (Wildman–Crippen LogP) is 3.51. The number of hydrogen-bond donors (Lipinski definition) is 1. The molecule has 3 fully saturated rings. The van der Waals surface area contributed by atoms with Crippen molar-refractivity contribution in [3.05, 3.63) is 29.3 Å². The van der Waals surface area contributed by atoms with Gasteiger partial charge in [-0.05, 0) is 56.8 Å². The normalized spacial score (nSPS) is 27.4. The first-order valence-electron chi connectivity index (χ1n) is 9.81. The number of piperidine rings is 2. The van der Waals surface area contributed by atoms with Crippen LogP contribution in [0.2, 0.25) is 0 Å². The Kier molecular flexibility index (Phi) is 4.13. The summed E-state index contributed by atoms with van der Waals surface area (Å²) in [6.45, 7) is 4.34. The van der Waals surface area contributed by atoms with Gasteiger partial charge in [-0.2, -0.15) is 5.10 Å². The highest BCUT2D eigenvalue weighted by atomic mass is 32.1. The van der Waals surface area contributed by atoms with E-state index in [1.165, 1.54) is 42.0 Å². The third-order valence-corrected chi connectivity index (χ3v) is 7.33. The third kappa shape index (κ3) is 3.21. The molecular formula is C20H26N4OS. The molecule has 2 aromatic heterocycles. The number of thiophene rings is 1. The van der Waals surface area contributed by atoms with Crippen molar-refractivity contribution in [1.82, 2.24) is 20.0 Å². The lowest BCUT2D eigenvalue weighted by atomic mass is 9.73. The summed E-state index contributed by atoms with van der Waals surface area (Å²) in [7, 11) is 0. The molecule has 5 rings (SSSR count). The molecule has 1 amide bonds. The van der Waals surface area contributed by atoms with Crippen molar-refractivity contribution in [3.63, 3.8) is 0 Å². The number of hydrogen-bond acceptors (Lipinski definition) is 4. The number of nitrogens with one attached hydrogen (secondary N) is 1. The molecule has 0 bridgehead atoms. The predicted molar refractivity (Wildman–Crippen MR) is 103 cm³/mol. The summed E-state index contributed by atoms with van der Waals surface area (Å²) in [5, 5.41) is 7.10. The first-order chi connectivity index (χ1) is 12.7. The zero-order chi connectivity index (χ0) is 17.6. The highest BCUT2D eigenvalue weighted by Crippen LogP contribution is 2.42. The molecule has 1 N–H and O–H groups in total. The number of aromatic amines is 1. The molecule has 1 spiro atoms. The number of H-pyrrole nitrogens is 1. The Bertz CT molecular complexity index is 782. The molecule has 0 unspecified atom stereocenters. The Morgan fingerprint density at radius 1 is 1.23 bits per heavy atom. The fraction of sp³-hybridized carbons (Fsp3) is 0.600. The molecule has 3 aliphatic rings. The molecule has 4 heterocycles. The van der Waals surface area contributed by atoms with Crippen LogP contribution in [0.3, 0.4) is 0 Å². The fourth-order valence-corrected chi connectivity index (χ4v) is 5.79. The van der Waals surface area contributed by atoms with Crippen LogP contribution in [0.4, 0.5) is 0 Å². The van der Waals surface area contributed by atoms with Gasteiger partial charge in [0.05, 0.1) is 10.6 Å². The van der Waals surface area contributed by atoms with Crippen LogP contribution < -0.4 is 0 Å². The number of amides is 1. The van der Waals surface area contributed by atoms with Crippen molar-refractivity contribution in [3.8, 4) is 10.6 Å². The highest BCUT2D eigenvalue weighted by molar-refractivity contribution is 7.15. The molecule has 1 saturated carbocycles. The third-order valence-electron chi connectivity index (χ3n) is 6.23. The molecule has 2 aliphatic heterocycles. The lowest BCUT2D eigenvalue weighted by Crippen LogP contribution is -2.54. The van der Waals surface area contributed by atoms with Crippen LogP contribution in [-0.2, 0) is 11.3 Å². The maximum atomic E-state index is 12.3. The Balaban J connectivity index is 1.26. The monoisotopic (exact) mass is 370 g/mol. The average molecular weight is 371 g/mol. The maximum Gasteiger partial charge on any atom is 0.222 e. The van der Waals surface area contributed by atoms with Crippen LogP contribution in [0, 0.1) is 5.41 Å². The number of rotatable bonds is 4. The van der Waals surface area contributed by atoms with Gasteiger partial charge in [0, 0.05) is 48.6 Å². The molecule has 0 radical (unpaired) electrons. The minimum atomic E-state index is 0.332. The van der Waals surface area contributed by atoms with E-state index in [1.807, 2.05) is 17.4 Å². The van der Waals surface area contributed by atoms with Crippen molar-refractivity contribution in [2.45, 2.75) is 51.1 Å². The summed E-state index contributed by atoms with van der Waals surface area (Å²) < 4.78 is 0. The number of carbonyl (C=O) groups is 1. The second-order valence-corrected chi connectivity index (χ2v) is 9.47. The Hall–Kier alpha value is -1.66. The smallest absolute Gasteiger partial charge is 0.222 e. The van der Waals surface area contributed by atoms with Gasteiger partial charge >= 0.3 is 0 Å². The van der Waals surface area contributed by atoms with Gasteiger partial charge in [0.1, 0.15) is 0 Å². The molecule has 0 aromatic carbocycles. The quantitative estimate of drug-likeness (QED) is 0.896. The summed E-state index contributed by atoms with van der Waals surface area (Å²) >= 11 is 1.86. The largest absolute Gasteiger partial charge is 0.339 e. The molecule has 2 aromatic rings. The zero-order valence-corrected chi connectivity index (χ0v) is 15.9. The van der Waals surface area contributed by atoms with Crippen LogP contribution in [-0.4, -0.2) is 51.6 Å². The van der Waals surface area contributed by atoms with Crippen LogP contribution in [0.1, 0.15) is 43.4 Å². The van der Waals surface area contributed by atoms with Crippen LogP contribution in [0.15, 0.2) is 24.4 Å². The summed E-state index contributed by atoms with van der Waals surface area (Å²) in [6.07, 6.45) is 8.62. The highest BCUT2D eigenvalue weighted by Gasteiger charge is 2.45. The SMILES string of the molecule is O=C1CC[C@]2(CCCN(Cc3ccc(-c4ccn[nH]4)s3)C2)CN1C1CC1. The lowest BCUT2D eigenvalue weighted by molar-refractivity contribution is -0.140. The van der Waals surface area contributed by atoms with Gasteiger partial charge in [-0.15, -0.1) is 11.3 Å². The molecule has 26 heavy (non-hydrogen) atoms. The Labute approximate surface area is 158 Å². The minimum absolute atomic E-state index is 0.332. The lowest BCUT2D eigenvalue weighted by Gasteiger charge is -2.48. The van der Waals surface area contributed by atoms with E-state index >= 15 is 0 Å². The zero-order valence-electron chi connectivity index (χ0n) is 15.1. The van der Waals surface area contributed by atoms with E-state index in [1.54, 1.807) is 6.20 Å². The van der Waals surface area contributed by atoms with Crippen LogP contribution in [0.5, 0.6) is 0 Å². The minimum Gasteiger partial charge on any atom is -0.339 e. The van der Waals surface area contributed by atoms with E-state index in [-0.39, 0.29) is 0 Å². The molecule has 5 nitrogen and oxygen atoms in total.